The Balaban J connectivity index is 1.58. The van der Waals surface area contributed by atoms with Crippen LogP contribution in [0.15, 0.2) is 42.5 Å². The Kier molecular flexibility index (Phi) is 4.37. The van der Waals surface area contributed by atoms with Crippen LogP contribution in [0.4, 0.5) is 10.1 Å². The van der Waals surface area contributed by atoms with Crippen LogP contribution in [0.25, 0.3) is 0 Å². The fourth-order valence-electron chi connectivity index (χ4n) is 2.59. The van der Waals surface area contributed by atoms with E-state index >= 15 is 0 Å². The third kappa shape index (κ3) is 3.74. The monoisotopic (exact) mass is 313 g/mol. The molecule has 3 rings (SSSR count). The van der Waals surface area contributed by atoms with Gasteiger partial charge in [-0.1, -0.05) is 0 Å². The summed E-state index contributed by atoms with van der Waals surface area (Å²) in [6, 6.07) is 10.8. The number of hydrogen-bond acceptors (Lipinski definition) is 3. The Morgan fingerprint density at radius 2 is 1.91 bits per heavy atom. The first-order chi connectivity index (χ1) is 11.1. The van der Waals surface area contributed by atoms with Gasteiger partial charge in [-0.3, -0.25) is 9.59 Å². The van der Waals surface area contributed by atoms with Crippen molar-refractivity contribution in [1.29, 1.82) is 0 Å². The molecule has 0 unspecified atom stereocenters. The summed E-state index contributed by atoms with van der Waals surface area (Å²) in [6.07, 6.45) is 2.29. The molecule has 0 spiro atoms. The minimum atomic E-state index is -0.358. The molecule has 1 aliphatic rings. The maximum absolute atomic E-state index is 12.8. The number of benzene rings is 2. The lowest BCUT2D eigenvalue weighted by Crippen LogP contribution is -2.20. The first kappa shape index (κ1) is 15.2. The molecule has 118 valence electrons. The van der Waals surface area contributed by atoms with Crippen molar-refractivity contribution in [3.05, 3.63) is 59.4 Å². The Morgan fingerprint density at radius 3 is 2.70 bits per heavy atom. The smallest absolute Gasteiger partial charge is 0.262 e. The molecule has 0 fully saturated rings. The van der Waals surface area contributed by atoms with Crippen molar-refractivity contribution in [2.24, 2.45) is 0 Å². The maximum atomic E-state index is 12.8. The Hall–Kier alpha value is -2.69. The zero-order valence-corrected chi connectivity index (χ0v) is 12.5. The number of nitrogens with one attached hydrogen (secondary N) is 1. The lowest BCUT2D eigenvalue weighted by atomic mass is 9.91. The topological polar surface area (TPSA) is 55.4 Å². The van der Waals surface area contributed by atoms with Crippen molar-refractivity contribution in [1.82, 2.24) is 0 Å². The van der Waals surface area contributed by atoms with Gasteiger partial charge in [-0.25, -0.2) is 4.39 Å². The van der Waals surface area contributed by atoms with E-state index < -0.39 is 0 Å². The lowest BCUT2D eigenvalue weighted by Gasteiger charge is -2.16. The van der Waals surface area contributed by atoms with E-state index in [9.17, 15) is 14.0 Å². The molecule has 1 N–H and O–H groups in total. The second-order valence-electron chi connectivity index (χ2n) is 5.44. The molecule has 0 aliphatic heterocycles. The molecule has 2 aromatic rings. The number of aryl methyl sites for hydroxylation is 1. The predicted octanol–water partition coefficient (Wildman–Crippen LogP) is 3.36. The maximum Gasteiger partial charge on any atom is 0.262 e. The van der Waals surface area contributed by atoms with E-state index in [4.69, 9.17) is 4.74 Å². The third-order valence-electron chi connectivity index (χ3n) is 3.72. The number of carbonyl (C=O) groups excluding carboxylic acids is 2. The highest BCUT2D eigenvalue weighted by Crippen LogP contribution is 2.25. The van der Waals surface area contributed by atoms with Gasteiger partial charge in [0.25, 0.3) is 5.91 Å². The van der Waals surface area contributed by atoms with Crippen LogP contribution in [0, 0.1) is 5.82 Å². The van der Waals surface area contributed by atoms with E-state index in [0.717, 1.165) is 24.0 Å². The van der Waals surface area contributed by atoms with Crippen molar-refractivity contribution in [2.75, 3.05) is 11.9 Å². The molecule has 0 heterocycles. The molecule has 4 nitrogen and oxygen atoms in total. The van der Waals surface area contributed by atoms with E-state index in [-0.39, 0.29) is 24.1 Å². The molecule has 0 aromatic heterocycles. The molecular weight excluding hydrogens is 297 g/mol. The average molecular weight is 313 g/mol. The van der Waals surface area contributed by atoms with Crippen LogP contribution in [0.1, 0.15) is 28.8 Å². The summed E-state index contributed by atoms with van der Waals surface area (Å²) in [4.78, 5) is 23.6. The molecule has 0 saturated carbocycles. The number of fused-ring (bicyclic) bond motifs is 1. The van der Waals surface area contributed by atoms with Gasteiger partial charge in [0.05, 0.1) is 0 Å². The van der Waals surface area contributed by atoms with Gasteiger partial charge >= 0.3 is 0 Å². The summed E-state index contributed by atoms with van der Waals surface area (Å²) in [6.45, 7) is -0.149. The van der Waals surface area contributed by atoms with Crippen molar-refractivity contribution in [3.8, 4) is 5.75 Å². The molecular formula is C18H16FNO3. The van der Waals surface area contributed by atoms with Gasteiger partial charge in [-0.15, -0.1) is 0 Å². The largest absolute Gasteiger partial charge is 0.484 e. The van der Waals surface area contributed by atoms with Crippen LogP contribution in [0.2, 0.25) is 0 Å². The minimum absolute atomic E-state index is 0.149. The molecule has 0 atom stereocenters. The molecule has 2 aromatic carbocycles. The number of amides is 1. The number of Topliss-reactive ketones (excluding diaryl/α,β-unsaturated/α-hetero) is 1. The average Bonchev–Trinajstić information content (AvgIpc) is 2.55. The van der Waals surface area contributed by atoms with Crippen LogP contribution < -0.4 is 10.1 Å². The van der Waals surface area contributed by atoms with E-state index in [1.54, 1.807) is 12.1 Å². The van der Waals surface area contributed by atoms with E-state index in [0.29, 0.717) is 17.9 Å². The van der Waals surface area contributed by atoms with Crippen LogP contribution in [0.5, 0.6) is 5.75 Å². The summed E-state index contributed by atoms with van der Waals surface area (Å²) in [7, 11) is 0. The number of hydrogen-bond donors (Lipinski definition) is 1. The number of ketones is 1. The molecule has 0 saturated heterocycles. The summed E-state index contributed by atoms with van der Waals surface area (Å²) < 4.78 is 18.3. The quantitative estimate of drug-likeness (QED) is 0.941. The second-order valence-corrected chi connectivity index (χ2v) is 5.44. The highest BCUT2D eigenvalue weighted by atomic mass is 19.1. The van der Waals surface area contributed by atoms with E-state index in [2.05, 4.69) is 5.32 Å². The lowest BCUT2D eigenvalue weighted by molar-refractivity contribution is -0.118. The van der Waals surface area contributed by atoms with Crippen molar-refractivity contribution in [2.45, 2.75) is 19.3 Å². The normalized spacial score (nSPS) is 13.3. The number of anilines is 1. The number of halogens is 1. The summed E-state index contributed by atoms with van der Waals surface area (Å²) in [5.41, 5.74) is 2.23. The van der Waals surface area contributed by atoms with Gasteiger partial charge in [-0.05, 0) is 60.9 Å². The number of rotatable bonds is 4. The fourth-order valence-corrected chi connectivity index (χ4v) is 2.59. The van der Waals surface area contributed by atoms with Crippen LogP contribution >= 0.6 is 0 Å². The Labute approximate surface area is 133 Å². The third-order valence-corrected chi connectivity index (χ3v) is 3.72. The first-order valence-corrected chi connectivity index (χ1v) is 7.46. The number of ether oxygens (including phenoxy) is 1. The van der Waals surface area contributed by atoms with Gasteiger partial charge in [0.1, 0.15) is 11.6 Å². The van der Waals surface area contributed by atoms with E-state index in [1.807, 2.05) is 6.07 Å². The van der Waals surface area contributed by atoms with Crippen LogP contribution in [0.3, 0.4) is 0 Å². The number of carbonyl (C=O) groups is 2. The molecule has 0 radical (unpaired) electrons. The van der Waals surface area contributed by atoms with Crippen molar-refractivity contribution in [3.63, 3.8) is 0 Å². The highest BCUT2D eigenvalue weighted by molar-refractivity contribution is 5.98. The zero-order valence-electron chi connectivity index (χ0n) is 12.5. The van der Waals surface area contributed by atoms with Gasteiger partial charge in [0.2, 0.25) is 0 Å². The first-order valence-electron chi connectivity index (χ1n) is 7.46. The standard InChI is InChI=1S/C18H16FNO3/c19-13-4-6-14(7-5-13)20-18(22)11-23-15-8-9-16-12(10-15)2-1-3-17(16)21/h4-10H,1-3,11H2,(H,20,22). The zero-order chi connectivity index (χ0) is 16.2. The highest BCUT2D eigenvalue weighted by Gasteiger charge is 2.17. The van der Waals surface area contributed by atoms with Gasteiger partial charge in [-0.2, -0.15) is 0 Å². The summed E-state index contributed by atoms with van der Waals surface area (Å²) in [5, 5.41) is 2.62. The molecule has 0 bridgehead atoms. The Morgan fingerprint density at radius 1 is 1.13 bits per heavy atom. The van der Waals surface area contributed by atoms with Gasteiger partial charge in [0.15, 0.2) is 12.4 Å². The van der Waals surface area contributed by atoms with E-state index in [1.165, 1.54) is 24.3 Å². The van der Waals surface area contributed by atoms with Crippen molar-refractivity contribution < 1.29 is 18.7 Å². The van der Waals surface area contributed by atoms with Crippen LogP contribution in [-0.4, -0.2) is 18.3 Å². The molecule has 1 aliphatic carbocycles. The Bertz CT molecular complexity index is 740. The minimum Gasteiger partial charge on any atom is -0.484 e. The fraction of sp³-hybridized carbons (Fsp3) is 0.222. The summed E-state index contributed by atoms with van der Waals surface area (Å²) >= 11 is 0. The van der Waals surface area contributed by atoms with Gasteiger partial charge in [0, 0.05) is 17.7 Å². The molecule has 5 heteroatoms. The molecule has 23 heavy (non-hydrogen) atoms. The van der Waals surface area contributed by atoms with Crippen LogP contribution in [-0.2, 0) is 11.2 Å². The molecule has 1 amide bonds. The second kappa shape index (κ2) is 6.60. The predicted molar refractivity (Wildman–Crippen MR) is 84.2 cm³/mol. The summed E-state index contributed by atoms with van der Waals surface area (Å²) in [5.74, 6) is 0.0350. The van der Waals surface area contributed by atoms with Crippen molar-refractivity contribution >= 4 is 17.4 Å². The van der Waals surface area contributed by atoms with Gasteiger partial charge < -0.3 is 10.1 Å². The SMILES string of the molecule is O=C(COc1ccc2c(c1)CCCC2=O)Nc1ccc(F)cc1.